The van der Waals surface area contributed by atoms with Gasteiger partial charge in [-0.25, -0.2) is 0 Å². The van der Waals surface area contributed by atoms with Crippen LogP contribution < -0.4 is 5.32 Å². The van der Waals surface area contributed by atoms with Crippen LogP contribution in [0.2, 0.25) is 0 Å². The van der Waals surface area contributed by atoms with Gasteiger partial charge in [0.15, 0.2) is 0 Å². The second-order valence-corrected chi connectivity index (χ2v) is 5.68. The minimum Gasteiger partial charge on any atom is -0.391 e. The Morgan fingerprint density at radius 3 is 2.52 bits per heavy atom. The molecule has 1 aromatic carbocycles. The Morgan fingerprint density at radius 2 is 1.91 bits per heavy atom. The van der Waals surface area contributed by atoms with E-state index in [1.807, 2.05) is 44.2 Å². The van der Waals surface area contributed by atoms with E-state index in [-0.39, 0.29) is 18.4 Å². The van der Waals surface area contributed by atoms with E-state index in [0.717, 1.165) is 18.4 Å². The monoisotopic (exact) mass is 316 g/mol. The topological polar surface area (TPSA) is 75.4 Å². The van der Waals surface area contributed by atoms with Crippen molar-refractivity contribution >= 4 is 5.91 Å². The predicted octanol–water partition coefficient (Wildman–Crippen LogP) is 3.18. The Hall–Kier alpha value is -2.14. The molecule has 0 fully saturated rings. The van der Waals surface area contributed by atoms with Crippen LogP contribution in [0.3, 0.4) is 0 Å². The third-order valence-electron chi connectivity index (χ3n) is 4.20. The molecule has 1 atom stereocenters. The highest BCUT2D eigenvalue weighted by atomic mass is 16.5. The first kappa shape index (κ1) is 17.2. The van der Waals surface area contributed by atoms with Crippen LogP contribution in [0.25, 0.3) is 11.3 Å². The molecule has 5 nitrogen and oxygen atoms in total. The fraction of sp³-hybridized carbons (Fsp3) is 0.444. The second-order valence-electron chi connectivity index (χ2n) is 5.68. The molecule has 5 heteroatoms. The largest absolute Gasteiger partial charge is 0.391 e. The summed E-state index contributed by atoms with van der Waals surface area (Å²) in [7, 11) is 0. The lowest BCUT2D eigenvalue weighted by atomic mass is 9.96. The van der Waals surface area contributed by atoms with E-state index in [1.54, 1.807) is 6.92 Å². The standard InChI is InChI=1S/C18H24N2O3/c1-4-13(5-2)15(21)11-19-18(22)16-12(3)23-20-17(16)14-9-7-6-8-10-14/h6-10,13,15,21H,4-5,11H2,1-3H3,(H,19,22). The summed E-state index contributed by atoms with van der Waals surface area (Å²) < 4.78 is 5.19. The highest BCUT2D eigenvalue weighted by Gasteiger charge is 2.23. The first-order chi connectivity index (χ1) is 11.1. The summed E-state index contributed by atoms with van der Waals surface area (Å²) in [5, 5.41) is 17.0. The lowest BCUT2D eigenvalue weighted by Gasteiger charge is -2.20. The van der Waals surface area contributed by atoms with Gasteiger partial charge in [0.1, 0.15) is 17.0 Å². The predicted molar refractivity (Wildman–Crippen MR) is 89.1 cm³/mol. The molecule has 0 bridgehead atoms. The molecule has 1 aromatic heterocycles. The van der Waals surface area contributed by atoms with Crippen molar-refractivity contribution in [3.8, 4) is 11.3 Å². The summed E-state index contributed by atoms with van der Waals surface area (Å²) in [6, 6.07) is 9.44. The molecule has 1 heterocycles. The van der Waals surface area contributed by atoms with Gasteiger partial charge in [0.05, 0.1) is 6.10 Å². The molecule has 0 aliphatic carbocycles. The maximum Gasteiger partial charge on any atom is 0.257 e. The molecule has 1 unspecified atom stereocenters. The Bertz CT molecular complexity index is 633. The first-order valence-corrected chi connectivity index (χ1v) is 8.06. The number of aliphatic hydroxyl groups is 1. The molecular formula is C18H24N2O3. The van der Waals surface area contributed by atoms with Crippen LogP contribution in [0, 0.1) is 12.8 Å². The molecule has 1 amide bonds. The Morgan fingerprint density at radius 1 is 1.26 bits per heavy atom. The molecule has 0 aliphatic rings. The summed E-state index contributed by atoms with van der Waals surface area (Å²) in [6.07, 6.45) is 1.22. The number of nitrogens with zero attached hydrogens (tertiary/aromatic N) is 1. The number of carbonyl (C=O) groups is 1. The number of carbonyl (C=O) groups excluding carboxylic acids is 1. The van der Waals surface area contributed by atoms with Gasteiger partial charge in [-0.05, 0) is 12.8 Å². The van der Waals surface area contributed by atoms with E-state index in [1.165, 1.54) is 0 Å². The number of hydrogen-bond donors (Lipinski definition) is 2. The third-order valence-corrected chi connectivity index (χ3v) is 4.20. The molecule has 23 heavy (non-hydrogen) atoms. The molecule has 0 saturated heterocycles. The number of aromatic nitrogens is 1. The lowest BCUT2D eigenvalue weighted by Crippen LogP contribution is -2.36. The zero-order valence-corrected chi connectivity index (χ0v) is 13.9. The zero-order valence-electron chi connectivity index (χ0n) is 13.9. The zero-order chi connectivity index (χ0) is 16.8. The Kier molecular flexibility index (Phi) is 5.93. The van der Waals surface area contributed by atoms with Crippen LogP contribution >= 0.6 is 0 Å². The van der Waals surface area contributed by atoms with Crippen molar-refractivity contribution in [2.45, 2.75) is 39.7 Å². The Balaban J connectivity index is 2.13. The minimum absolute atomic E-state index is 0.187. The quantitative estimate of drug-likeness (QED) is 0.822. The van der Waals surface area contributed by atoms with Crippen LogP contribution in [0.5, 0.6) is 0 Å². The fourth-order valence-corrected chi connectivity index (χ4v) is 2.72. The molecule has 0 radical (unpaired) electrons. The van der Waals surface area contributed by atoms with Crippen molar-refractivity contribution in [3.63, 3.8) is 0 Å². The number of amides is 1. The van der Waals surface area contributed by atoms with E-state index < -0.39 is 6.10 Å². The Labute approximate surface area is 136 Å². The average molecular weight is 316 g/mol. The van der Waals surface area contributed by atoms with Crippen molar-refractivity contribution in [1.82, 2.24) is 10.5 Å². The highest BCUT2D eigenvalue weighted by Crippen LogP contribution is 2.25. The summed E-state index contributed by atoms with van der Waals surface area (Å²) in [5.74, 6) is 0.387. The maximum absolute atomic E-state index is 12.5. The van der Waals surface area contributed by atoms with E-state index >= 15 is 0 Å². The maximum atomic E-state index is 12.5. The van der Waals surface area contributed by atoms with Crippen LogP contribution in [-0.2, 0) is 0 Å². The molecule has 124 valence electrons. The van der Waals surface area contributed by atoms with Crippen molar-refractivity contribution in [3.05, 3.63) is 41.7 Å². The second kappa shape index (κ2) is 7.92. The van der Waals surface area contributed by atoms with Crippen LogP contribution in [-0.4, -0.2) is 28.8 Å². The van der Waals surface area contributed by atoms with E-state index in [4.69, 9.17) is 4.52 Å². The summed E-state index contributed by atoms with van der Waals surface area (Å²) in [6.45, 7) is 6.02. The van der Waals surface area contributed by atoms with Crippen molar-refractivity contribution in [2.24, 2.45) is 5.92 Å². The van der Waals surface area contributed by atoms with Crippen molar-refractivity contribution in [1.29, 1.82) is 0 Å². The molecular weight excluding hydrogens is 292 g/mol. The lowest BCUT2D eigenvalue weighted by molar-refractivity contribution is 0.0816. The summed E-state index contributed by atoms with van der Waals surface area (Å²) >= 11 is 0. The normalized spacial score (nSPS) is 12.4. The van der Waals surface area contributed by atoms with Gasteiger partial charge >= 0.3 is 0 Å². The SMILES string of the molecule is CCC(CC)C(O)CNC(=O)c1c(-c2ccccc2)noc1C. The number of nitrogens with one attached hydrogen (secondary N) is 1. The molecule has 0 spiro atoms. The number of hydrogen-bond acceptors (Lipinski definition) is 4. The van der Waals surface area contributed by atoms with Gasteiger partial charge in [-0.3, -0.25) is 4.79 Å². The fourth-order valence-electron chi connectivity index (χ4n) is 2.72. The van der Waals surface area contributed by atoms with Crippen LogP contribution in [0.15, 0.2) is 34.9 Å². The average Bonchev–Trinajstić information content (AvgIpc) is 2.96. The van der Waals surface area contributed by atoms with Crippen molar-refractivity contribution < 1.29 is 14.4 Å². The molecule has 2 rings (SSSR count). The highest BCUT2D eigenvalue weighted by molar-refractivity contribution is 6.00. The van der Waals surface area contributed by atoms with E-state index in [9.17, 15) is 9.90 Å². The van der Waals surface area contributed by atoms with Gasteiger partial charge in [0.2, 0.25) is 0 Å². The molecule has 2 aromatic rings. The van der Waals surface area contributed by atoms with Gasteiger partial charge in [-0.1, -0.05) is 62.2 Å². The number of aliphatic hydroxyl groups excluding tert-OH is 1. The van der Waals surface area contributed by atoms with Crippen LogP contribution in [0.1, 0.15) is 42.8 Å². The summed E-state index contributed by atoms with van der Waals surface area (Å²) in [4.78, 5) is 12.5. The van der Waals surface area contributed by atoms with Gasteiger partial charge < -0.3 is 14.9 Å². The van der Waals surface area contributed by atoms with E-state index in [2.05, 4.69) is 10.5 Å². The van der Waals surface area contributed by atoms with Gasteiger partial charge in [-0.2, -0.15) is 0 Å². The smallest absolute Gasteiger partial charge is 0.257 e. The number of aryl methyl sites for hydroxylation is 1. The third kappa shape index (κ3) is 3.99. The minimum atomic E-state index is -0.547. The van der Waals surface area contributed by atoms with Gasteiger partial charge in [0, 0.05) is 12.1 Å². The van der Waals surface area contributed by atoms with Gasteiger partial charge in [0.25, 0.3) is 5.91 Å². The van der Waals surface area contributed by atoms with Crippen LogP contribution in [0.4, 0.5) is 0 Å². The molecule has 2 N–H and O–H groups in total. The first-order valence-electron chi connectivity index (χ1n) is 8.06. The number of rotatable bonds is 7. The van der Waals surface area contributed by atoms with Crippen molar-refractivity contribution in [2.75, 3.05) is 6.54 Å². The van der Waals surface area contributed by atoms with Gasteiger partial charge in [-0.15, -0.1) is 0 Å². The molecule has 0 aliphatic heterocycles. The summed E-state index contributed by atoms with van der Waals surface area (Å²) in [5.41, 5.74) is 1.78. The number of benzene rings is 1. The van der Waals surface area contributed by atoms with E-state index in [0.29, 0.717) is 17.0 Å². The molecule has 0 saturated carbocycles.